The van der Waals surface area contributed by atoms with Crippen molar-refractivity contribution in [3.63, 3.8) is 0 Å². The van der Waals surface area contributed by atoms with Gasteiger partial charge in [0.15, 0.2) is 0 Å². The first-order valence-electron chi connectivity index (χ1n) is 7.71. The summed E-state index contributed by atoms with van der Waals surface area (Å²) >= 11 is 0. The molecule has 1 aromatic carbocycles. The predicted molar refractivity (Wildman–Crippen MR) is 80.0 cm³/mol. The lowest BCUT2D eigenvalue weighted by Gasteiger charge is -2.23. The van der Waals surface area contributed by atoms with Gasteiger partial charge in [-0.05, 0) is 35.6 Å². The fourth-order valence-corrected chi connectivity index (χ4v) is 2.95. The monoisotopic (exact) mass is 261 g/mol. The van der Waals surface area contributed by atoms with Gasteiger partial charge in [0.05, 0.1) is 13.2 Å². The molecule has 1 atom stereocenters. The summed E-state index contributed by atoms with van der Waals surface area (Å²) in [5, 5.41) is 3.65. The molecule has 19 heavy (non-hydrogen) atoms. The molecule has 1 N–H and O–H groups in total. The lowest BCUT2D eigenvalue weighted by atomic mass is 9.90. The Bertz CT molecular complexity index is 398. The van der Waals surface area contributed by atoms with Gasteiger partial charge in [-0.2, -0.15) is 0 Å². The topological polar surface area (TPSA) is 21.3 Å². The zero-order valence-electron chi connectivity index (χ0n) is 12.5. The van der Waals surface area contributed by atoms with Crippen LogP contribution in [0.2, 0.25) is 0 Å². The summed E-state index contributed by atoms with van der Waals surface area (Å²) in [5.41, 5.74) is 4.17. The molecule has 1 aliphatic rings. The van der Waals surface area contributed by atoms with Crippen molar-refractivity contribution in [2.45, 2.75) is 59.3 Å². The lowest BCUT2D eigenvalue weighted by Crippen LogP contribution is -2.23. The van der Waals surface area contributed by atoms with Crippen LogP contribution < -0.4 is 5.32 Å². The van der Waals surface area contributed by atoms with Gasteiger partial charge in [0.1, 0.15) is 0 Å². The predicted octanol–water partition coefficient (Wildman–Crippen LogP) is 4.19. The first-order chi connectivity index (χ1) is 9.28. The number of hydrogen-bond donors (Lipinski definition) is 1. The fraction of sp³-hybridized carbons (Fsp3) is 0.647. The Hall–Kier alpha value is -0.860. The molecule has 0 aliphatic carbocycles. The summed E-state index contributed by atoms with van der Waals surface area (Å²) < 4.78 is 5.51. The van der Waals surface area contributed by atoms with E-state index in [2.05, 4.69) is 44.3 Å². The Morgan fingerprint density at radius 1 is 1.11 bits per heavy atom. The molecule has 0 bridgehead atoms. The molecule has 0 spiro atoms. The lowest BCUT2D eigenvalue weighted by molar-refractivity contribution is 0.134. The Morgan fingerprint density at radius 2 is 1.84 bits per heavy atom. The maximum Gasteiger partial charge on any atom is 0.0725 e. The molecule has 1 aliphatic heterocycles. The third kappa shape index (κ3) is 3.58. The second-order valence-corrected chi connectivity index (χ2v) is 5.55. The molecule has 2 nitrogen and oxygen atoms in total. The molecule has 1 heterocycles. The van der Waals surface area contributed by atoms with Crippen LogP contribution >= 0.6 is 0 Å². The van der Waals surface area contributed by atoms with Gasteiger partial charge in [0, 0.05) is 6.04 Å². The van der Waals surface area contributed by atoms with Crippen LogP contribution in [0.1, 0.15) is 62.8 Å². The number of fused-ring (bicyclic) bond motifs is 1. The molecule has 0 saturated heterocycles. The van der Waals surface area contributed by atoms with Crippen LogP contribution in [0.4, 0.5) is 0 Å². The van der Waals surface area contributed by atoms with E-state index in [9.17, 15) is 0 Å². The van der Waals surface area contributed by atoms with Crippen molar-refractivity contribution in [2.75, 3.05) is 6.54 Å². The second kappa shape index (κ2) is 7.06. The van der Waals surface area contributed by atoms with Crippen molar-refractivity contribution in [3.05, 3.63) is 34.9 Å². The summed E-state index contributed by atoms with van der Waals surface area (Å²) in [5.74, 6) is 0.813. The van der Waals surface area contributed by atoms with E-state index >= 15 is 0 Å². The van der Waals surface area contributed by atoms with Crippen LogP contribution in [-0.2, 0) is 18.0 Å². The molecular weight excluding hydrogens is 234 g/mol. The van der Waals surface area contributed by atoms with Gasteiger partial charge < -0.3 is 10.1 Å². The van der Waals surface area contributed by atoms with Gasteiger partial charge in [-0.1, -0.05) is 51.8 Å². The van der Waals surface area contributed by atoms with E-state index in [1.807, 2.05) is 0 Å². The number of nitrogens with one attached hydrogen (secondary N) is 1. The Balaban J connectivity index is 2.13. The quantitative estimate of drug-likeness (QED) is 0.794. The van der Waals surface area contributed by atoms with Crippen LogP contribution in [0.25, 0.3) is 0 Å². The van der Waals surface area contributed by atoms with Crippen LogP contribution in [0.3, 0.4) is 0 Å². The van der Waals surface area contributed by atoms with Gasteiger partial charge in [-0.25, -0.2) is 0 Å². The molecule has 0 aromatic heterocycles. The van der Waals surface area contributed by atoms with Gasteiger partial charge in [-0.3, -0.25) is 0 Å². The van der Waals surface area contributed by atoms with Crippen LogP contribution in [0, 0.1) is 5.92 Å². The summed E-state index contributed by atoms with van der Waals surface area (Å²) in [6, 6.07) is 7.36. The highest BCUT2D eigenvalue weighted by atomic mass is 16.5. The molecular formula is C17H27NO. The van der Waals surface area contributed by atoms with Gasteiger partial charge >= 0.3 is 0 Å². The highest BCUT2D eigenvalue weighted by Crippen LogP contribution is 2.29. The van der Waals surface area contributed by atoms with Crippen LogP contribution in [0.15, 0.2) is 18.2 Å². The Morgan fingerprint density at radius 3 is 2.53 bits per heavy atom. The number of hydrogen-bond acceptors (Lipinski definition) is 2. The minimum Gasteiger partial charge on any atom is -0.372 e. The molecule has 1 unspecified atom stereocenters. The zero-order chi connectivity index (χ0) is 13.7. The van der Waals surface area contributed by atoms with Crippen LogP contribution in [0.5, 0.6) is 0 Å². The van der Waals surface area contributed by atoms with E-state index in [0.29, 0.717) is 6.04 Å². The van der Waals surface area contributed by atoms with Crippen molar-refractivity contribution in [1.82, 2.24) is 5.32 Å². The maximum absolute atomic E-state index is 5.51. The minimum atomic E-state index is 0.487. The Kier molecular flexibility index (Phi) is 5.41. The maximum atomic E-state index is 5.51. The van der Waals surface area contributed by atoms with E-state index < -0.39 is 0 Å². The first-order valence-corrected chi connectivity index (χ1v) is 7.71. The van der Waals surface area contributed by atoms with E-state index in [0.717, 1.165) is 25.7 Å². The van der Waals surface area contributed by atoms with Crippen molar-refractivity contribution in [1.29, 1.82) is 0 Å². The first kappa shape index (κ1) is 14.5. The summed E-state index contributed by atoms with van der Waals surface area (Å²) in [7, 11) is 0. The standard InChI is InChI=1S/C17H27NO/c1-4-13(5-2)9-17(18-6-3)14-7-8-15-11-19-12-16(15)10-14/h7-8,10,13,17-18H,4-6,9,11-12H2,1-3H3. The van der Waals surface area contributed by atoms with Crippen molar-refractivity contribution in [2.24, 2.45) is 5.92 Å². The van der Waals surface area contributed by atoms with Crippen molar-refractivity contribution < 1.29 is 4.74 Å². The second-order valence-electron chi connectivity index (χ2n) is 5.55. The number of ether oxygens (including phenoxy) is 1. The molecule has 0 fully saturated rings. The smallest absolute Gasteiger partial charge is 0.0725 e. The highest BCUT2D eigenvalue weighted by molar-refractivity contribution is 5.34. The zero-order valence-corrected chi connectivity index (χ0v) is 12.5. The third-order valence-corrected chi connectivity index (χ3v) is 4.32. The third-order valence-electron chi connectivity index (χ3n) is 4.32. The van der Waals surface area contributed by atoms with E-state index in [1.54, 1.807) is 0 Å². The van der Waals surface area contributed by atoms with E-state index in [4.69, 9.17) is 4.74 Å². The summed E-state index contributed by atoms with van der Waals surface area (Å²) in [6.07, 6.45) is 3.78. The summed E-state index contributed by atoms with van der Waals surface area (Å²) in [6.45, 7) is 9.39. The molecule has 0 radical (unpaired) electrons. The largest absolute Gasteiger partial charge is 0.372 e. The fourth-order valence-electron chi connectivity index (χ4n) is 2.95. The van der Waals surface area contributed by atoms with Gasteiger partial charge in [0.25, 0.3) is 0 Å². The van der Waals surface area contributed by atoms with Gasteiger partial charge in [-0.15, -0.1) is 0 Å². The average molecular weight is 261 g/mol. The van der Waals surface area contributed by atoms with Crippen molar-refractivity contribution in [3.8, 4) is 0 Å². The average Bonchev–Trinajstić information content (AvgIpc) is 2.90. The minimum absolute atomic E-state index is 0.487. The molecule has 0 amide bonds. The molecule has 2 rings (SSSR count). The number of rotatable bonds is 7. The van der Waals surface area contributed by atoms with Crippen LogP contribution in [-0.4, -0.2) is 6.54 Å². The molecule has 106 valence electrons. The van der Waals surface area contributed by atoms with Gasteiger partial charge in [0.2, 0.25) is 0 Å². The van der Waals surface area contributed by atoms with E-state index in [-0.39, 0.29) is 0 Å². The molecule has 1 aromatic rings. The normalized spacial score (nSPS) is 15.8. The van der Waals surface area contributed by atoms with Crippen molar-refractivity contribution >= 4 is 0 Å². The molecule has 2 heteroatoms. The molecule has 0 saturated carbocycles. The Labute approximate surface area is 117 Å². The van der Waals surface area contributed by atoms with E-state index in [1.165, 1.54) is 36.0 Å². The number of benzene rings is 1. The highest BCUT2D eigenvalue weighted by Gasteiger charge is 2.18. The SMILES string of the molecule is CCNC(CC(CC)CC)c1ccc2c(c1)COC2. The summed E-state index contributed by atoms with van der Waals surface area (Å²) in [4.78, 5) is 0.